The van der Waals surface area contributed by atoms with Crippen LogP contribution in [0.2, 0.25) is 0 Å². The van der Waals surface area contributed by atoms with Crippen LogP contribution in [-0.4, -0.2) is 32.6 Å². The number of carbonyl (C=O) groups is 2. The van der Waals surface area contributed by atoms with Gasteiger partial charge < -0.3 is 20.1 Å². The van der Waals surface area contributed by atoms with E-state index in [1.807, 2.05) is 43.3 Å². The number of hydrogen-bond donors (Lipinski definition) is 2. The van der Waals surface area contributed by atoms with E-state index >= 15 is 0 Å². The van der Waals surface area contributed by atoms with E-state index < -0.39 is 0 Å². The highest BCUT2D eigenvalue weighted by atomic mass is 16.5. The molecule has 0 aromatic heterocycles. The number of anilines is 1. The first-order valence-corrected chi connectivity index (χ1v) is 8.36. The monoisotopic (exact) mass is 356 g/mol. The standard InChI is InChI=1S/C20H24N2O4/c1-14-5-4-6-16(11-14)22-20(24)13-21-19(23)10-8-15-7-9-17(25-2)18(12-15)26-3/h4-7,9,11-12H,8,10,13H2,1-3H3,(H,21,23)(H,22,24). The average Bonchev–Trinajstić information content (AvgIpc) is 2.64. The Morgan fingerprint density at radius 2 is 1.73 bits per heavy atom. The number of carbonyl (C=O) groups excluding carboxylic acids is 2. The molecule has 0 unspecified atom stereocenters. The Morgan fingerprint density at radius 1 is 0.962 bits per heavy atom. The second kappa shape index (κ2) is 9.46. The van der Waals surface area contributed by atoms with Gasteiger partial charge in [0.1, 0.15) is 0 Å². The van der Waals surface area contributed by atoms with Crippen LogP contribution in [0.25, 0.3) is 0 Å². The minimum atomic E-state index is -0.255. The van der Waals surface area contributed by atoms with Crippen molar-refractivity contribution in [1.29, 1.82) is 0 Å². The normalized spacial score (nSPS) is 10.1. The smallest absolute Gasteiger partial charge is 0.243 e. The molecule has 6 nitrogen and oxygen atoms in total. The fourth-order valence-electron chi connectivity index (χ4n) is 2.49. The van der Waals surface area contributed by atoms with Crippen LogP contribution in [-0.2, 0) is 16.0 Å². The van der Waals surface area contributed by atoms with Crippen LogP contribution in [0.3, 0.4) is 0 Å². The van der Waals surface area contributed by atoms with E-state index in [2.05, 4.69) is 10.6 Å². The van der Waals surface area contributed by atoms with Crippen LogP contribution in [0.5, 0.6) is 11.5 Å². The van der Waals surface area contributed by atoms with Gasteiger partial charge in [0.25, 0.3) is 0 Å². The minimum absolute atomic E-state index is 0.0568. The predicted molar refractivity (Wildman–Crippen MR) is 101 cm³/mol. The van der Waals surface area contributed by atoms with E-state index in [1.165, 1.54) is 0 Å². The zero-order chi connectivity index (χ0) is 18.9. The van der Waals surface area contributed by atoms with Gasteiger partial charge in [0, 0.05) is 12.1 Å². The Balaban J connectivity index is 1.77. The van der Waals surface area contributed by atoms with Crippen molar-refractivity contribution in [3.8, 4) is 11.5 Å². The zero-order valence-corrected chi connectivity index (χ0v) is 15.3. The number of amides is 2. The Hall–Kier alpha value is -3.02. The molecule has 138 valence electrons. The zero-order valence-electron chi connectivity index (χ0n) is 15.3. The highest BCUT2D eigenvalue weighted by molar-refractivity contribution is 5.94. The number of nitrogens with one attached hydrogen (secondary N) is 2. The maximum Gasteiger partial charge on any atom is 0.243 e. The highest BCUT2D eigenvalue weighted by Gasteiger charge is 2.09. The number of rotatable bonds is 8. The lowest BCUT2D eigenvalue weighted by Crippen LogP contribution is -2.32. The lowest BCUT2D eigenvalue weighted by molar-refractivity contribution is -0.124. The van der Waals surface area contributed by atoms with E-state index in [0.717, 1.165) is 16.8 Å². The maximum atomic E-state index is 12.0. The summed E-state index contributed by atoms with van der Waals surface area (Å²) in [6, 6.07) is 13.0. The second-order valence-electron chi connectivity index (χ2n) is 5.88. The third-order valence-electron chi connectivity index (χ3n) is 3.84. The summed E-state index contributed by atoms with van der Waals surface area (Å²) in [4.78, 5) is 23.9. The van der Waals surface area contributed by atoms with Crippen molar-refractivity contribution in [2.45, 2.75) is 19.8 Å². The van der Waals surface area contributed by atoms with Crippen molar-refractivity contribution in [2.24, 2.45) is 0 Å². The Bertz CT molecular complexity index is 774. The molecule has 0 atom stereocenters. The van der Waals surface area contributed by atoms with E-state index in [9.17, 15) is 9.59 Å². The van der Waals surface area contributed by atoms with E-state index in [-0.39, 0.29) is 24.8 Å². The number of aryl methyl sites for hydroxylation is 2. The number of methoxy groups -OCH3 is 2. The van der Waals surface area contributed by atoms with Crippen molar-refractivity contribution in [3.63, 3.8) is 0 Å². The van der Waals surface area contributed by atoms with Gasteiger partial charge in [-0.1, -0.05) is 18.2 Å². The van der Waals surface area contributed by atoms with Gasteiger partial charge in [0.15, 0.2) is 11.5 Å². The molecule has 0 aliphatic rings. The molecule has 0 saturated carbocycles. The molecule has 0 bridgehead atoms. The van der Waals surface area contributed by atoms with E-state index in [0.29, 0.717) is 17.9 Å². The van der Waals surface area contributed by atoms with Gasteiger partial charge in [0.05, 0.1) is 20.8 Å². The van der Waals surface area contributed by atoms with Crippen LogP contribution in [0, 0.1) is 6.92 Å². The topological polar surface area (TPSA) is 76.7 Å². The molecule has 0 aliphatic carbocycles. The summed E-state index contributed by atoms with van der Waals surface area (Å²) in [5, 5.41) is 5.39. The number of benzene rings is 2. The van der Waals surface area contributed by atoms with Gasteiger partial charge in [-0.15, -0.1) is 0 Å². The summed E-state index contributed by atoms with van der Waals surface area (Å²) in [5.74, 6) is 0.839. The molecule has 0 heterocycles. The first-order chi connectivity index (χ1) is 12.5. The van der Waals surface area contributed by atoms with Crippen LogP contribution < -0.4 is 20.1 Å². The van der Waals surface area contributed by atoms with Crippen molar-refractivity contribution in [1.82, 2.24) is 5.32 Å². The molecule has 2 aromatic carbocycles. The SMILES string of the molecule is COc1ccc(CCC(=O)NCC(=O)Nc2cccc(C)c2)cc1OC. The molecular weight excluding hydrogens is 332 g/mol. The first-order valence-electron chi connectivity index (χ1n) is 8.36. The average molecular weight is 356 g/mol. The molecule has 2 amide bonds. The fourth-order valence-corrected chi connectivity index (χ4v) is 2.49. The summed E-state index contributed by atoms with van der Waals surface area (Å²) in [7, 11) is 3.15. The summed E-state index contributed by atoms with van der Waals surface area (Å²) < 4.78 is 10.4. The van der Waals surface area contributed by atoms with Gasteiger partial charge in [-0.3, -0.25) is 9.59 Å². The quantitative estimate of drug-likeness (QED) is 0.762. The van der Waals surface area contributed by atoms with Gasteiger partial charge >= 0.3 is 0 Å². The van der Waals surface area contributed by atoms with Crippen molar-refractivity contribution >= 4 is 17.5 Å². The lowest BCUT2D eigenvalue weighted by atomic mass is 10.1. The molecule has 2 aromatic rings. The summed E-state index contributed by atoms with van der Waals surface area (Å²) in [6.07, 6.45) is 0.832. The fraction of sp³-hybridized carbons (Fsp3) is 0.300. The van der Waals surface area contributed by atoms with Crippen LogP contribution in [0.4, 0.5) is 5.69 Å². The molecule has 6 heteroatoms. The molecule has 0 radical (unpaired) electrons. The molecule has 0 spiro atoms. The maximum absolute atomic E-state index is 12.0. The molecule has 2 N–H and O–H groups in total. The van der Waals surface area contributed by atoms with Crippen LogP contribution in [0.15, 0.2) is 42.5 Å². The Labute approximate surface area is 153 Å². The number of ether oxygens (including phenoxy) is 2. The molecule has 2 rings (SSSR count). The second-order valence-corrected chi connectivity index (χ2v) is 5.88. The highest BCUT2D eigenvalue weighted by Crippen LogP contribution is 2.27. The molecular formula is C20H24N2O4. The summed E-state index contributed by atoms with van der Waals surface area (Å²) >= 11 is 0. The van der Waals surface area contributed by atoms with Gasteiger partial charge in [-0.25, -0.2) is 0 Å². The van der Waals surface area contributed by atoms with Gasteiger partial charge in [0.2, 0.25) is 11.8 Å². The predicted octanol–water partition coefficient (Wildman–Crippen LogP) is 2.70. The van der Waals surface area contributed by atoms with Crippen molar-refractivity contribution < 1.29 is 19.1 Å². The minimum Gasteiger partial charge on any atom is -0.493 e. The molecule has 26 heavy (non-hydrogen) atoms. The summed E-state index contributed by atoms with van der Waals surface area (Å²) in [5.41, 5.74) is 2.73. The Morgan fingerprint density at radius 3 is 2.42 bits per heavy atom. The largest absolute Gasteiger partial charge is 0.493 e. The van der Waals surface area contributed by atoms with Gasteiger partial charge in [-0.2, -0.15) is 0 Å². The van der Waals surface area contributed by atoms with E-state index in [1.54, 1.807) is 20.3 Å². The van der Waals surface area contributed by atoms with Gasteiger partial charge in [-0.05, 0) is 48.7 Å². The van der Waals surface area contributed by atoms with Crippen LogP contribution >= 0.6 is 0 Å². The van der Waals surface area contributed by atoms with E-state index in [4.69, 9.17) is 9.47 Å². The third-order valence-corrected chi connectivity index (χ3v) is 3.84. The first kappa shape index (κ1) is 19.3. The van der Waals surface area contributed by atoms with Crippen molar-refractivity contribution in [2.75, 3.05) is 26.1 Å². The third kappa shape index (κ3) is 5.81. The Kier molecular flexibility index (Phi) is 7.02. The lowest BCUT2D eigenvalue weighted by Gasteiger charge is -2.10. The summed E-state index contributed by atoms with van der Waals surface area (Å²) in [6.45, 7) is 1.89. The number of hydrogen-bond acceptors (Lipinski definition) is 4. The molecule has 0 aliphatic heterocycles. The molecule has 0 saturated heterocycles. The van der Waals surface area contributed by atoms with Crippen LogP contribution in [0.1, 0.15) is 17.5 Å². The van der Waals surface area contributed by atoms with Crippen molar-refractivity contribution in [3.05, 3.63) is 53.6 Å². The molecule has 0 fully saturated rings.